The fraction of sp³-hybridized carbons (Fsp3) is 0.900. The van der Waals surface area contributed by atoms with Crippen LogP contribution in [0.1, 0.15) is 27.2 Å². The fourth-order valence-electron chi connectivity index (χ4n) is 1.75. The van der Waals surface area contributed by atoms with Gasteiger partial charge in [-0.25, -0.2) is 0 Å². The van der Waals surface area contributed by atoms with E-state index in [1.807, 2.05) is 6.92 Å². The van der Waals surface area contributed by atoms with E-state index in [0.29, 0.717) is 5.92 Å². The molecule has 0 spiro atoms. The Balaban J connectivity index is 2.51. The van der Waals surface area contributed by atoms with Crippen molar-refractivity contribution < 1.29 is 9.53 Å². The van der Waals surface area contributed by atoms with Crippen LogP contribution in [0.5, 0.6) is 0 Å². The van der Waals surface area contributed by atoms with Gasteiger partial charge in [-0.1, -0.05) is 6.92 Å². The van der Waals surface area contributed by atoms with Crippen LogP contribution in [0.4, 0.5) is 0 Å². The molecule has 76 valence electrons. The lowest BCUT2D eigenvalue weighted by atomic mass is 9.87. The van der Waals surface area contributed by atoms with E-state index in [4.69, 9.17) is 4.74 Å². The largest absolute Gasteiger partial charge is 0.379 e. The van der Waals surface area contributed by atoms with Crippen molar-refractivity contribution in [3.8, 4) is 0 Å². The van der Waals surface area contributed by atoms with Crippen molar-refractivity contribution in [2.75, 3.05) is 13.7 Å². The van der Waals surface area contributed by atoms with E-state index >= 15 is 0 Å². The summed E-state index contributed by atoms with van der Waals surface area (Å²) in [5, 5.41) is 2.87. The molecule has 1 aliphatic rings. The Morgan fingerprint density at radius 2 is 2.23 bits per heavy atom. The summed E-state index contributed by atoms with van der Waals surface area (Å²) in [5.74, 6) is 0.730. The lowest BCUT2D eigenvalue weighted by Crippen LogP contribution is -2.29. The third-order valence-electron chi connectivity index (χ3n) is 2.97. The van der Waals surface area contributed by atoms with Crippen LogP contribution in [0.25, 0.3) is 0 Å². The predicted octanol–water partition coefficient (Wildman–Crippen LogP) is 1.18. The molecule has 1 fully saturated rings. The van der Waals surface area contributed by atoms with Gasteiger partial charge in [0.2, 0.25) is 5.91 Å². The van der Waals surface area contributed by atoms with Crippen molar-refractivity contribution in [2.45, 2.75) is 32.8 Å². The minimum atomic E-state index is -0.120. The number of nitrogens with one attached hydrogen (secondary N) is 1. The topological polar surface area (TPSA) is 38.3 Å². The van der Waals surface area contributed by atoms with Gasteiger partial charge in [0.15, 0.2) is 0 Å². The molecular weight excluding hydrogens is 166 g/mol. The summed E-state index contributed by atoms with van der Waals surface area (Å²) in [5.41, 5.74) is -0.120. The smallest absolute Gasteiger partial charge is 0.223 e. The van der Waals surface area contributed by atoms with Gasteiger partial charge in [0.25, 0.3) is 0 Å². The third kappa shape index (κ3) is 2.44. The summed E-state index contributed by atoms with van der Waals surface area (Å²) >= 11 is 0. The highest BCUT2D eigenvalue weighted by molar-refractivity contribution is 5.80. The number of methoxy groups -OCH3 is 1. The number of rotatable bonds is 3. The van der Waals surface area contributed by atoms with Crippen molar-refractivity contribution in [2.24, 2.45) is 11.8 Å². The van der Waals surface area contributed by atoms with Gasteiger partial charge < -0.3 is 10.1 Å². The Labute approximate surface area is 79.8 Å². The lowest BCUT2D eigenvalue weighted by Gasteiger charge is -2.27. The number of carbonyl (C=O) groups is 1. The highest BCUT2D eigenvalue weighted by Crippen LogP contribution is 2.28. The van der Waals surface area contributed by atoms with E-state index < -0.39 is 0 Å². The second-order valence-electron chi connectivity index (χ2n) is 4.46. The number of hydrogen-bond donors (Lipinski definition) is 1. The molecule has 0 aromatic heterocycles. The zero-order chi connectivity index (χ0) is 10.1. The van der Waals surface area contributed by atoms with Crippen LogP contribution in [0, 0.1) is 11.8 Å². The van der Waals surface area contributed by atoms with E-state index in [-0.39, 0.29) is 17.4 Å². The SMILES string of the molecule is COC(C)(C)CC1CNC(=O)C1C. The highest BCUT2D eigenvalue weighted by Gasteiger charge is 2.34. The zero-order valence-corrected chi connectivity index (χ0v) is 8.89. The van der Waals surface area contributed by atoms with Gasteiger partial charge in [-0.2, -0.15) is 0 Å². The summed E-state index contributed by atoms with van der Waals surface area (Å²) in [7, 11) is 1.72. The molecule has 0 bridgehead atoms. The van der Waals surface area contributed by atoms with Crippen molar-refractivity contribution in [1.82, 2.24) is 5.32 Å². The molecule has 1 saturated heterocycles. The molecule has 0 aromatic rings. The van der Waals surface area contributed by atoms with Gasteiger partial charge in [0.1, 0.15) is 0 Å². The minimum Gasteiger partial charge on any atom is -0.379 e. The molecular formula is C10H19NO2. The first-order chi connectivity index (χ1) is 5.96. The van der Waals surface area contributed by atoms with Gasteiger partial charge in [0, 0.05) is 19.6 Å². The molecule has 1 rings (SSSR count). The molecule has 0 aromatic carbocycles. The minimum absolute atomic E-state index is 0.120. The second-order valence-corrected chi connectivity index (χ2v) is 4.46. The van der Waals surface area contributed by atoms with Gasteiger partial charge in [0.05, 0.1) is 5.60 Å². The molecule has 2 atom stereocenters. The number of amides is 1. The van der Waals surface area contributed by atoms with Crippen LogP contribution >= 0.6 is 0 Å². The van der Waals surface area contributed by atoms with Crippen LogP contribution in [-0.2, 0) is 9.53 Å². The average molecular weight is 185 g/mol. The monoisotopic (exact) mass is 185 g/mol. The van der Waals surface area contributed by atoms with Gasteiger partial charge in [-0.3, -0.25) is 4.79 Å². The van der Waals surface area contributed by atoms with Crippen LogP contribution in [0.3, 0.4) is 0 Å². The first-order valence-electron chi connectivity index (χ1n) is 4.79. The summed E-state index contributed by atoms with van der Waals surface area (Å²) < 4.78 is 5.34. The molecule has 0 radical (unpaired) electrons. The second kappa shape index (κ2) is 3.66. The summed E-state index contributed by atoms with van der Waals surface area (Å²) in [6, 6.07) is 0. The molecule has 13 heavy (non-hydrogen) atoms. The standard InChI is InChI=1S/C10H19NO2/c1-7-8(6-11-9(7)12)5-10(2,3)13-4/h7-8H,5-6H2,1-4H3,(H,11,12). The maximum atomic E-state index is 11.2. The first-order valence-corrected chi connectivity index (χ1v) is 4.79. The molecule has 2 unspecified atom stereocenters. The van der Waals surface area contributed by atoms with E-state index in [1.165, 1.54) is 0 Å². The maximum absolute atomic E-state index is 11.2. The van der Waals surface area contributed by atoms with Gasteiger partial charge in [-0.05, 0) is 26.2 Å². The Morgan fingerprint density at radius 3 is 2.62 bits per heavy atom. The maximum Gasteiger partial charge on any atom is 0.223 e. The quantitative estimate of drug-likeness (QED) is 0.717. The van der Waals surface area contributed by atoms with Crippen molar-refractivity contribution >= 4 is 5.91 Å². The molecule has 3 nitrogen and oxygen atoms in total. The molecule has 0 aliphatic carbocycles. The highest BCUT2D eigenvalue weighted by atomic mass is 16.5. The molecule has 0 saturated carbocycles. The van der Waals surface area contributed by atoms with Gasteiger partial charge in [-0.15, -0.1) is 0 Å². The molecule has 1 N–H and O–H groups in total. The normalized spacial score (nSPS) is 29.1. The van der Waals surface area contributed by atoms with Crippen molar-refractivity contribution in [1.29, 1.82) is 0 Å². The molecule has 1 amide bonds. The summed E-state index contributed by atoms with van der Waals surface area (Å²) in [6.07, 6.45) is 0.934. The Kier molecular flexibility index (Phi) is 2.96. The summed E-state index contributed by atoms with van der Waals surface area (Å²) in [6.45, 7) is 6.90. The Morgan fingerprint density at radius 1 is 1.62 bits per heavy atom. The van der Waals surface area contributed by atoms with Crippen LogP contribution in [0.2, 0.25) is 0 Å². The Hall–Kier alpha value is -0.570. The number of hydrogen-bond acceptors (Lipinski definition) is 2. The predicted molar refractivity (Wildman–Crippen MR) is 51.4 cm³/mol. The van der Waals surface area contributed by atoms with Crippen LogP contribution in [-0.4, -0.2) is 25.2 Å². The van der Waals surface area contributed by atoms with E-state index in [1.54, 1.807) is 7.11 Å². The number of carbonyl (C=O) groups excluding carboxylic acids is 1. The van der Waals surface area contributed by atoms with Crippen molar-refractivity contribution in [3.63, 3.8) is 0 Å². The molecule has 1 aliphatic heterocycles. The fourth-order valence-corrected chi connectivity index (χ4v) is 1.75. The Bertz CT molecular complexity index is 201. The molecule has 3 heteroatoms. The number of ether oxygens (including phenoxy) is 1. The van der Waals surface area contributed by atoms with Crippen LogP contribution < -0.4 is 5.32 Å². The van der Waals surface area contributed by atoms with E-state index in [2.05, 4.69) is 19.2 Å². The van der Waals surface area contributed by atoms with E-state index in [9.17, 15) is 4.79 Å². The van der Waals surface area contributed by atoms with Crippen molar-refractivity contribution in [3.05, 3.63) is 0 Å². The average Bonchev–Trinajstić information content (AvgIpc) is 2.36. The molecule has 1 heterocycles. The van der Waals surface area contributed by atoms with Crippen LogP contribution in [0.15, 0.2) is 0 Å². The lowest BCUT2D eigenvalue weighted by molar-refractivity contribution is -0.122. The summed E-state index contributed by atoms with van der Waals surface area (Å²) in [4.78, 5) is 11.2. The first kappa shape index (κ1) is 10.5. The van der Waals surface area contributed by atoms with Gasteiger partial charge >= 0.3 is 0 Å². The zero-order valence-electron chi connectivity index (χ0n) is 8.89. The third-order valence-corrected chi connectivity index (χ3v) is 2.97. The van der Waals surface area contributed by atoms with E-state index in [0.717, 1.165) is 13.0 Å².